The third kappa shape index (κ3) is 2.88. The van der Waals surface area contributed by atoms with Crippen LogP contribution in [-0.4, -0.2) is 43.4 Å². The van der Waals surface area contributed by atoms with Crippen molar-refractivity contribution in [3.63, 3.8) is 0 Å². The Balaban J connectivity index is 2.21. The molecule has 2 atom stereocenters. The number of aliphatic hydroxyl groups excluding tert-OH is 1. The van der Waals surface area contributed by atoms with Gasteiger partial charge in [0, 0.05) is 24.9 Å². The van der Waals surface area contributed by atoms with Gasteiger partial charge in [0.1, 0.15) is 5.75 Å². The molecule has 0 aliphatic carbocycles. The van der Waals surface area contributed by atoms with E-state index in [1.54, 1.807) is 12.0 Å². The molecular weight excluding hydrogens is 244 g/mol. The van der Waals surface area contributed by atoms with E-state index in [4.69, 9.17) is 9.84 Å². The van der Waals surface area contributed by atoms with Gasteiger partial charge in [0.15, 0.2) is 0 Å². The largest absolute Gasteiger partial charge is 0.497 e. The number of benzene rings is 1. The summed E-state index contributed by atoms with van der Waals surface area (Å²) in [5, 5.41) is 12.2. The lowest BCUT2D eigenvalue weighted by Gasteiger charge is -2.38. The molecule has 0 saturated carbocycles. The maximum atomic E-state index is 12.4. The molecule has 0 bridgehead atoms. The number of carbonyl (C=O) groups excluding carboxylic acids is 1. The lowest BCUT2D eigenvalue weighted by Crippen LogP contribution is -2.59. The van der Waals surface area contributed by atoms with Gasteiger partial charge in [-0.2, -0.15) is 0 Å². The van der Waals surface area contributed by atoms with E-state index >= 15 is 0 Å². The molecule has 1 aliphatic rings. The van der Waals surface area contributed by atoms with Gasteiger partial charge < -0.3 is 20.1 Å². The summed E-state index contributed by atoms with van der Waals surface area (Å²) in [6, 6.07) is 7.25. The van der Waals surface area contributed by atoms with Gasteiger partial charge in [-0.1, -0.05) is 0 Å². The monoisotopic (exact) mass is 264 g/mol. The molecule has 1 aromatic rings. The van der Waals surface area contributed by atoms with Crippen LogP contribution in [0.4, 0.5) is 5.69 Å². The van der Waals surface area contributed by atoms with Crippen LogP contribution in [0, 0.1) is 0 Å². The number of amides is 1. The van der Waals surface area contributed by atoms with Crippen LogP contribution in [0.1, 0.15) is 13.3 Å². The number of ether oxygens (including phenoxy) is 1. The van der Waals surface area contributed by atoms with Crippen LogP contribution >= 0.6 is 0 Å². The average molecular weight is 264 g/mol. The molecule has 0 aromatic heterocycles. The Morgan fingerprint density at radius 1 is 1.42 bits per heavy atom. The Hall–Kier alpha value is -1.59. The van der Waals surface area contributed by atoms with Crippen molar-refractivity contribution in [1.29, 1.82) is 0 Å². The number of rotatable bonds is 4. The first-order chi connectivity index (χ1) is 9.17. The molecule has 1 saturated heterocycles. The molecule has 1 heterocycles. The number of piperazine rings is 1. The second-order valence-corrected chi connectivity index (χ2v) is 4.73. The quantitative estimate of drug-likeness (QED) is 0.843. The van der Waals surface area contributed by atoms with Crippen LogP contribution in [0.25, 0.3) is 0 Å². The second-order valence-electron chi connectivity index (χ2n) is 4.73. The van der Waals surface area contributed by atoms with E-state index in [1.807, 2.05) is 31.2 Å². The van der Waals surface area contributed by atoms with E-state index in [0.29, 0.717) is 6.42 Å². The fraction of sp³-hybridized carbons (Fsp3) is 0.500. The van der Waals surface area contributed by atoms with Crippen LogP contribution in [-0.2, 0) is 4.79 Å². The summed E-state index contributed by atoms with van der Waals surface area (Å²) in [7, 11) is 1.62. The molecular formula is C14H20N2O3. The van der Waals surface area contributed by atoms with E-state index in [9.17, 15) is 4.79 Å². The molecule has 2 N–H and O–H groups in total. The number of hydrogen-bond donors (Lipinski definition) is 2. The van der Waals surface area contributed by atoms with E-state index in [-0.39, 0.29) is 24.6 Å². The zero-order valence-electron chi connectivity index (χ0n) is 11.3. The van der Waals surface area contributed by atoms with Crippen LogP contribution in [0.3, 0.4) is 0 Å². The predicted octanol–water partition coefficient (Wildman–Crippen LogP) is 0.771. The second kappa shape index (κ2) is 6.04. The zero-order valence-corrected chi connectivity index (χ0v) is 11.3. The SMILES string of the molecule is COc1ccc(N2C(=O)C(CCO)NCC2C)cc1. The molecule has 104 valence electrons. The maximum Gasteiger partial charge on any atom is 0.244 e. The van der Waals surface area contributed by atoms with Crippen molar-refractivity contribution in [1.82, 2.24) is 5.32 Å². The van der Waals surface area contributed by atoms with Crippen LogP contribution in [0.5, 0.6) is 5.75 Å². The van der Waals surface area contributed by atoms with Crippen molar-refractivity contribution >= 4 is 11.6 Å². The summed E-state index contributed by atoms with van der Waals surface area (Å²) in [4.78, 5) is 14.2. The number of carbonyl (C=O) groups is 1. The molecule has 2 rings (SSSR count). The Bertz CT molecular complexity index is 433. The topological polar surface area (TPSA) is 61.8 Å². The van der Waals surface area contributed by atoms with Crippen LogP contribution in [0.2, 0.25) is 0 Å². The van der Waals surface area contributed by atoms with Crippen molar-refractivity contribution < 1.29 is 14.6 Å². The van der Waals surface area contributed by atoms with Gasteiger partial charge in [0.05, 0.1) is 13.2 Å². The number of methoxy groups -OCH3 is 1. The van der Waals surface area contributed by atoms with E-state index in [2.05, 4.69) is 5.32 Å². The molecule has 1 fully saturated rings. The first-order valence-electron chi connectivity index (χ1n) is 6.48. The third-order valence-corrected chi connectivity index (χ3v) is 3.40. The molecule has 1 aliphatic heterocycles. The average Bonchev–Trinajstić information content (AvgIpc) is 2.43. The highest BCUT2D eigenvalue weighted by molar-refractivity contribution is 5.98. The Morgan fingerprint density at radius 2 is 2.11 bits per heavy atom. The van der Waals surface area contributed by atoms with Gasteiger partial charge in [-0.25, -0.2) is 0 Å². The van der Waals surface area contributed by atoms with E-state index in [0.717, 1.165) is 18.0 Å². The summed E-state index contributed by atoms with van der Waals surface area (Å²) < 4.78 is 5.12. The first kappa shape index (κ1) is 13.8. The van der Waals surface area contributed by atoms with Gasteiger partial charge >= 0.3 is 0 Å². The van der Waals surface area contributed by atoms with E-state index in [1.165, 1.54) is 0 Å². The van der Waals surface area contributed by atoms with Crippen LogP contribution < -0.4 is 15.0 Å². The van der Waals surface area contributed by atoms with Crippen molar-refractivity contribution in [2.75, 3.05) is 25.2 Å². The smallest absolute Gasteiger partial charge is 0.244 e. The minimum Gasteiger partial charge on any atom is -0.497 e. The zero-order chi connectivity index (χ0) is 13.8. The first-order valence-corrected chi connectivity index (χ1v) is 6.48. The van der Waals surface area contributed by atoms with Crippen molar-refractivity contribution in [3.8, 4) is 5.75 Å². The summed E-state index contributed by atoms with van der Waals surface area (Å²) in [6.45, 7) is 2.74. The number of nitrogens with zero attached hydrogens (tertiary/aromatic N) is 1. The Labute approximate surface area is 113 Å². The van der Waals surface area contributed by atoms with Gasteiger partial charge in [0.25, 0.3) is 0 Å². The lowest BCUT2D eigenvalue weighted by molar-refractivity contribution is -0.122. The van der Waals surface area contributed by atoms with Gasteiger partial charge in [-0.15, -0.1) is 0 Å². The maximum absolute atomic E-state index is 12.4. The molecule has 0 spiro atoms. The molecule has 5 heteroatoms. The summed E-state index contributed by atoms with van der Waals surface area (Å²) in [5.41, 5.74) is 0.864. The summed E-state index contributed by atoms with van der Waals surface area (Å²) in [6.07, 6.45) is 0.443. The molecule has 1 aromatic carbocycles. The molecule has 1 amide bonds. The van der Waals surface area contributed by atoms with Crippen molar-refractivity contribution in [2.45, 2.75) is 25.4 Å². The highest BCUT2D eigenvalue weighted by Crippen LogP contribution is 2.24. The highest BCUT2D eigenvalue weighted by Gasteiger charge is 2.33. The van der Waals surface area contributed by atoms with Crippen molar-refractivity contribution in [2.24, 2.45) is 0 Å². The van der Waals surface area contributed by atoms with Gasteiger partial charge in [-0.3, -0.25) is 4.79 Å². The lowest BCUT2D eigenvalue weighted by atomic mass is 10.1. The fourth-order valence-electron chi connectivity index (χ4n) is 2.36. The molecule has 0 radical (unpaired) electrons. The standard InChI is InChI=1S/C14H20N2O3/c1-10-9-15-13(7-8-17)14(18)16(10)11-3-5-12(19-2)6-4-11/h3-6,10,13,15,17H,7-9H2,1-2H3. The molecule has 19 heavy (non-hydrogen) atoms. The molecule has 5 nitrogen and oxygen atoms in total. The number of aliphatic hydroxyl groups is 1. The normalized spacial score (nSPS) is 23.5. The van der Waals surface area contributed by atoms with Gasteiger partial charge in [0.2, 0.25) is 5.91 Å². The summed E-state index contributed by atoms with van der Waals surface area (Å²) in [5.74, 6) is 0.781. The van der Waals surface area contributed by atoms with Crippen LogP contribution in [0.15, 0.2) is 24.3 Å². The van der Waals surface area contributed by atoms with Gasteiger partial charge in [-0.05, 0) is 37.6 Å². The fourth-order valence-corrected chi connectivity index (χ4v) is 2.36. The summed E-state index contributed by atoms with van der Waals surface area (Å²) >= 11 is 0. The van der Waals surface area contributed by atoms with Crippen molar-refractivity contribution in [3.05, 3.63) is 24.3 Å². The Morgan fingerprint density at radius 3 is 2.68 bits per heavy atom. The minimum absolute atomic E-state index is 0.00817. The molecule has 2 unspecified atom stereocenters. The predicted molar refractivity (Wildman–Crippen MR) is 73.4 cm³/mol. The highest BCUT2D eigenvalue weighted by atomic mass is 16.5. The Kier molecular flexibility index (Phi) is 4.39. The number of nitrogens with one attached hydrogen (secondary N) is 1. The number of hydrogen-bond acceptors (Lipinski definition) is 4. The minimum atomic E-state index is -0.302. The number of anilines is 1. The third-order valence-electron chi connectivity index (χ3n) is 3.40. The van der Waals surface area contributed by atoms with E-state index < -0.39 is 0 Å².